The minimum absolute atomic E-state index is 0.0102. The van der Waals surface area contributed by atoms with E-state index in [1.54, 1.807) is 0 Å². The number of aromatic hydroxyl groups is 1. The number of halogens is 2. The van der Waals surface area contributed by atoms with E-state index >= 15 is 0 Å². The molecule has 0 heterocycles. The lowest BCUT2D eigenvalue weighted by molar-refractivity contribution is -0.187. The van der Waals surface area contributed by atoms with E-state index in [1.165, 1.54) is 24.3 Å². The molecule has 1 fully saturated rings. The first-order valence-corrected chi connectivity index (χ1v) is 6.06. The first kappa shape index (κ1) is 14.0. The van der Waals surface area contributed by atoms with E-state index in [2.05, 4.69) is 0 Å². The van der Waals surface area contributed by atoms with Gasteiger partial charge in [0.2, 0.25) is 0 Å². The quantitative estimate of drug-likeness (QED) is 0.782. The number of aliphatic hydroxyl groups is 2. The molecule has 1 aliphatic rings. The van der Waals surface area contributed by atoms with Gasteiger partial charge in [0.1, 0.15) is 11.5 Å². The van der Waals surface area contributed by atoms with Gasteiger partial charge >= 0.3 is 0 Å². The number of hydrogen-bond acceptors (Lipinski definition) is 4. The molecule has 0 spiro atoms. The van der Waals surface area contributed by atoms with Crippen LogP contribution in [0.5, 0.6) is 11.5 Å². The summed E-state index contributed by atoms with van der Waals surface area (Å²) in [5.41, 5.74) is 0. The Hall–Kier alpha value is -1.40. The van der Waals surface area contributed by atoms with Crippen LogP contribution in [0, 0.1) is 5.92 Å². The van der Waals surface area contributed by atoms with Crippen LogP contribution >= 0.6 is 0 Å². The number of alkyl halides is 2. The maximum absolute atomic E-state index is 14.0. The third-order valence-electron chi connectivity index (χ3n) is 3.35. The predicted octanol–water partition coefficient (Wildman–Crippen LogP) is 1.54. The summed E-state index contributed by atoms with van der Waals surface area (Å²) in [4.78, 5) is 0. The summed E-state index contributed by atoms with van der Waals surface area (Å²) in [6.45, 7) is -0.695. The van der Waals surface area contributed by atoms with E-state index in [4.69, 9.17) is 14.9 Å². The Balaban J connectivity index is 2.15. The van der Waals surface area contributed by atoms with Crippen LogP contribution in [0.15, 0.2) is 24.3 Å². The Morgan fingerprint density at radius 2 is 1.84 bits per heavy atom. The number of benzene rings is 1. The molecule has 1 aliphatic carbocycles. The molecule has 1 aromatic carbocycles. The number of phenolic OH excluding ortho intramolecular Hbond substituents is 1. The highest BCUT2D eigenvalue weighted by atomic mass is 19.3. The van der Waals surface area contributed by atoms with Crippen molar-refractivity contribution in [2.24, 2.45) is 5.92 Å². The minimum Gasteiger partial charge on any atom is -0.508 e. The van der Waals surface area contributed by atoms with Crippen LogP contribution in [0.4, 0.5) is 8.78 Å². The van der Waals surface area contributed by atoms with Gasteiger partial charge in [-0.25, -0.2) is 8.78 Å². The molecule has 1 aromatic rings. The summed E-state index contributed by atoms with van der Waals surface area (Å²) < 4.78 is 33.2. The second kappa shape index (κ2) is 5.30. The molecule has 1 saturated carbocycles. The Kier molecular flexibility index (Phi) is 3.91. The van der Waals surface area contributed by atoms with Crippen LogP contribution in [0.3, 0.4) is 0 Å². The normalized spacial score (nSPS) is 30.0. The van der Waals surface area contributed by atoms with Gasteiger partial charge in [-0.1, -0.05) is 0 Å². The monoisotopic (exact) mass is 274 g/mol. The van der Waals surface area contributed by atoms with Crippen LogP contribution in [0.2, 0.25) is 0 Å². The maximum atomic E-state index is 14.0. The summed E-state index contributed by atoms with van der Waals surface area (Å²) >= 11 is 0. The first-order chi connectivity index (χ1) is 8.93. The smallest absolute Gasteiger partial charge is 0.289 e. The van der Waals surface area contributed by atoms with E-state index < -0.39 is 30.7 Å². The summed E-state index contributed by atoms with van der Waals surface area (Å²) in [5, 5.41) is 27.7. The van der Waals surface area contributed by atoms with Gasteiger partial charge < -0.3 is 20.1 Å². The summed E-state index contributed by atoms with van der Waals surface area (Å²) in [6.07, 6.45) is -2.74. The molecule has 106 valence electrons. The highest BCUT2D eigenvalue weighted by Crippen LogP contribution is 2.40. The van der Waals surface area contributed by atoms with Crippen molar-refractivity contribution in [1.29, 1.82) is 0 Å². The molecule has 0 saturated heterocycles. The molecule has 19 heavy (non-hydrogen) atoms. The third kappa shape index (κ3) is 2.96. The van der Waals surface area contributed by atoms with E-state index in [-0.39, 0.29) is 24.3 Å². The largest absolute Gasteiger partial charge is 0.508 e. The molecule has 0 radical (unpaired) electrons. The van der Waals surface area contributed by atoms with E-state index in [0.29, 0.717) is 0 Å². The fraction of sp³-hybridized carbons (Fsp3) is 0.538. The Bertz CT molecular complexity index is 421. The van der Waals surface area contributed by atoms with Gasteiger partial charge in [-0.15, -0.1) is 0 Å². The molecule has 0 amide bonds. The zero-order valence-electron chi connectivity index (χ0n) is 10.2. The van der Waals surface area contributed by atoms with Crippen LogP contribution in [0.1, 0.15) is 12.8 Å². The van der Waals surface area contributed by atoms with Gasteiger partial charge in [0.05, 0.1) is 18.6 Å². The van der Waals surface area contributed by atoms with Crippen molar-refractivity contribution in [2.75, 3.05) is 6.61 Å². The molecule has 0 aliphatic heterocycles. The fourth-order valence-corrected chi connectivity index (χ4v) is 2.26. The Morgan fingerprint density at radius 1 is 1.21 bits per heavy atom. The molecule has 0 bridgehead atoms. The molecule has 3 atom stereocenters. The van der Waals surface area contributed by atoms with Crippen molar-refractivity contribution < 1.29 is 28.8 Å². The van der Waals surface area contributed by atoms with Crippen molar-refractivity contribution >= 4 is 0 Å². The minimum atomic E-state index is -3.20. The Morgan fingerprint density at radius 3 is 2.42 bits per heavy atom. The van der Waals surface area contributed by atoms with Gasteiger partial charge in [-0.2, -0.15) is 0 Å². The molecule has 4 nitrogen and oxygen atoms in total. The SMILES string of the molecule is OC[C@@H]1C[C@H](O)C[C@H](Oc2ccc(O)cc2)C1(F)F. The zero-order valence-corrected chi connectivity index (χ0v) is 10.2. The lowest BCUT2D eigenvalue weighted by atomic mass is 9.82. The summed E-state index contributed by atoms with van der Waals surface area (Å²) in [7, 11) is 0. The summed E-state index contributed by atoms with van der Waals surface area (Å²) in [5.74, 6) is -4.31. The molecule has 0 unspecified atom stereocenters. The predicted molar refractivity (Wildman–Crippen MR) is 63.3 cm³/mol. The van der Waals surface area contributed by atoms with Crippen molar-refractivity contribution in [3.8, 4) is 11.5 Å². The van der Waals surface area contributed by atoms with E-state index in [1.807, 2.05) is 0 Å². The van der Waals surface area contributed by atoms with Crippen molar-refractivity contribution in [1.82, 2.24) is 0 Å². The van der Waals surface area contributed by atoms with Gasteiger partial charge in [-0.3, -0.25) is 0 Å². The average Bonchev–Trinajstić information content (AvgIpc) is 2.36. The van der Waals surface area contributed by atoms with Crippen molar-refractivity contribution in [2.45, 2.75) is 31.0 Å². The average molecular weight is 274 g/mol. The number of hydrogen-bond donors (Lipinski definition) is 3. The lowest BCUT2D eigenvalue weighted by Crippen LogP contribution is -2.52. The standard InChI is InChI=1S/C13H16F2O4/c14-13(15)8(7-16)5-10(18)6-12(13)19-11-3-1-9(17)2-4-11/h1-4,8,10,12,16-18H,5-7H2/t8-,10-,12-/m0/s1. The number of phenols is 1. The fourth-order valence-electron chi connectivity index (χ4n) is 2.26. The highest BCUT2D eigenvalue weighted by Gasteiger charge is 2.53. The van der Waals surface area contributed by atoms with Crippen molar-refractivity contribution in [3.63, 3.8) is 0 Å². The summed E-state index contributed by atoms with van der Waals surface area (Å²) in [6, 6.07) is 5.41. The number of ether oxygens (including phenoxy) is 1. The zero-order chi connectivity index (χ0) is 14.0. The molecule has 2 rings (SSSR count). The number of aliphatic hydroxyl groups excluding tert-OH is 2. The van der Waals surface area contributed by atoms with E-state index in [0.717, 1.165) is 0 Å². The second-order valence-corrected chi connectivity index (χ2v) is 4.78. The maximum Gasteiger partial charge on any atom is 0.289 e. The number of rotatable bonds is 3. The van der Waals surface area contributed by atoms with Gasteiger partial charge in [-0.05, 0) is 30.7 Å². The lowest BCUT2D eigenvalue weighted by Gasteiger charge is -2.39. The molecule has 3 N–H and O–H groups in total. The third-order valence-corrected chi connectivity index (χ3v) is 3.35. The van der Waals surface area contributed by atoms with Crippen LogP contribution in [-0.2, 0) is 0 Å². The van der Waals surface area contributed by atoms with Gasteiger partial charge in [0.15, 0.2) is 6.10 Å². The second-order valence-electron chi connectivity index (χ2n) is 4.78. The van der Waals surface area contributed by atoms with E-state index in [9.17, 15) is 13.9 Å². The Labute approximate surface area is 109 Å². The molecule has 0 aromatic heterocycles. The van der Waals surface area contributed by atoms with Crippen LogP contribution < -0.4 is 4.74 Å². The van der Waals surface area contributed by atoms with Gasteiger partial charge in [0.25, 0.3) is 5.92 Å². The van der Waals surface area contributed by atoms with Crippen LogP contribution in [-0.4, -0.2) is 40.1 Å². The van der Waals surface area contributed by atoms with Crippen LogP contribution in [0.25, 0.3) is 0 Å². The van der Waals surface area contributed by atoms with Gasteiger partial charge in [0, 0.05) is 6.42 Å². The van der Waals surface area contributed by atoms with Crippen molar-refractivity contribution in [3.05, 3.63) is 24.3 Å². The highest BCUT2D eigenvalue weighted by molar-refractivity contribution is 5.30. The molecular weight excluding hydrogens is 258 g/mol. The topological polar surface area (TPSA) is 69.9 Å². The first-order valence-electron chi connectivity index (χ1n) is 6.06. The molecular formula is C13H16F2O4. The molecule has 6 heteroatoms.